The molecule has 1 fully saturated rings. The van der Waals surface area contributed by atoms with E-state index >= 15 is 0 Å². The van der Waals surface area contributed by atoms with Crippen molar-refractivity contribution in [3.05, 3.63) is 59.3 Å². The fraction of sp³-hybridized carbons (Fsp3) is 0.423. The number of nitrogens with zero attached hydrogens (tertiary/aromatic N) is 2. The number of carboxylic acids is 2. The van der Waals surface area contributed by atoms with Crippen LogP contribution in [0.5, 0.6) is 0 Å². The van der Waals surface area contributed by atoms with Gasteiger partial charge in [-0.1, -0.05) is 36.4 Å². The molecule has 2 atom stereocenters. The Morgan fingerprint density at radius 2 is 1.78 bits per heavy atom. The predicted octanol–water partition coefficient (Wildman–Crippen LogP) is 0.164. The van der Waals surface area contributed by atoms with Crippen LogP contribution in [0, 0.1) is 0 Å². The van der Waals surface area contributed by atoms with Crippen molar-refractivity contribution in [1.82, 2.24) is 10.2 Å². The standard InChI is InChI=1S/C24H30N4O5S.C2HF3O2/c1-3-28(4-2,14-18(25)29)12-8-11-17-15-34-23-20(22(31)27(23)21(17)24(32)33)26-19(30)13-16-9-6-5-7-10-16;3-2(4,5)1(6)7/h5-11,20,23H,3-4,12-15H2,1-2H3,(H3-,25,26,29,30,32,33);(H,6,7)/b11-8+;/t20-,23-;/m1./s1. The first-order chi connectivity index (χ1) is 19.2. The molecule has 0 radical (unpaired) electrons. The summed E-state index contributed by atoms with van der Waals surface area (Å²) < 4.78 is 32.0. The lowest BCUT2D eigenvalue weighted by molar-refractivity contribution is -0.911. The number of allylic oxidation sites excluding steroid dienone is 1. The summed E-state index contributed by atoms with van der Waals surface area (Å²) in [6.07, 6.45) is -1.48. The van der Waals surface area contributed by atoms with Crippen molar-refractivity contribution in [2.24, 2.45) is 5.73 Å². The van der Waals surface area contributed by atoms with Gasteiger partial charge < -0.3 is 30.5 Å². The number of carbonyl (C=O) groups is 5. The van der Waals surface area contributed by atoms with E-state index < -0.39 is 35.4 Å². The van der Waals surface area contributed by atoms with Crippen LogP contribution in [-0.4, -0.2) is 93.7 Å². The van der Waals surface area contributed by atoms with Crippen molar-refractivity contribution in [2.45, 2.75) is 37.9 Å². The van der Waals surface area contributed by atoms with Crippen molar-refractivity contribution in [2.75, 3.05) is 31.9 Å². The smallest absolute Gasteiger partial charge is 0.430 e. The van der Waals surface area contributed by atoms with E-state index in [0.29, 0.717) is 35.4 Å². The predicted molar refractivity (Wildman–Crippen MR) is 140 cm³/mol. The van der Waals surface area contributed by atoms with Gasteiger partial charge in [0, 0.05) is 5.75 Å². The zero-order valence-electron chi connectivity index (χ0n) is 22.3. The molecule has 0 bridgehead atoms. The maximum atomic E-state index is 12.8. The Morgan fingerprint density at radius 3 is 2.27 bits per heavy atom. The number of primary amides is 1. The van der Waals surface area contributed by atoms with E-state index in [-0.39, 0.29) is 30.5 Å². The maximum absolute atomic E-state index is 12.8. The highest BCUT2D eigenvalue weighted by Gasteiger charge is 2.53. The Balaban J connectivity index is 0.000000745. The first-order valence-corrected chi connectivity index (χ1v) is 13.5. The van der Waals surface area contributed by atoms with Gasteiger partial charge in [-0.15, -0.1) is 11.8 Å². The molecule has 4 N–H and O–H groups in total. The first kappa shape index (κ1) is 33.4. The van der Waals surface area contributed by atoms with Crippen LogP contribution in [0.2, 0.25) is 0 Å². The second-order valence-corrected chi connectivity index (χ2v) is 10.4. The van der Waals surface area contributed by atoms with Gasteiger partial charge >= 0.3 is 12.1 Å². The van der Waals surface area contributed by atoms with E-state index in [0.717, 1.165) is 5.56 Å². The Kier molecular flexibility index (Phi) is 11.5. The SMILES string of the molecule is CC[N+](CC)(C/C=C/C1=C(C(=O)O)N2C(=O)[C@@H](NC(=O)Cc3ccccc3)[C@H]2SC1)CC(N)=O.O=C([O-])C(F)(F)F. The highest BCUT2D eigenvalue weighted by atomic mass is 32.2. The van der Waals surface area contributed by atoms with Gasteiger partial charge in [0.05, 0.1) is 26.1 Å². The second-order valence-electron chi connectivity index (χ2n) is 9.27. The third-order valence-electron chi connectivity index (χ3n) is 6.60. The largest absolute Gasteiger partial charge is 0.542 e. The zero-order valence-corrected chi connectivity index (χ0v) is 23.2. The Bertz CT molecular complexity index is 1220. The Labute approximate surface area is 238 Å². The van der Waals surface area contributed by atoms with Crippen LogP contribution in [0.4, 0.5) is 13.2 Å². The van der Waals surface area contributed by atoms with Gasteiger partial charge in [0.2, 0.25) is 5.91 Å². The van der Waals surface area contributed by atoms with Crippen LogP contribution in [0.1, 0.15) is 19.4 Å². The van der Waals surface area contributed by atoms with Crippen molar-refractivity contribution in [3.8, 4) is 0 Å². The molecule has 2 aliphatic heterocycles. The molecule has 0 aromatic heterocycles. The molecule has 15 heteroatoms. The van der Waals surface area contributed by atoms with Crippen LogP contribution in [0.3, 0.4) is 0 Å². The van der Waals surface area contributed by atoms with E-state index in [1.165, 1.54) is 16.7 Å². The number of carboxylic acid groups (broad SMARTS) is 2. The van der Waals surface area contributed by atoms with E-state index in [1.54, 1.807) is 6.08 Å². The van der Waals surface area contributed by atoms with Gasteiger partial charge in [-0.05, 0) is 31.1 Å². The summed E-state index contributed by atoms with van der Waals surface area (Å²) in [5, 5.41) is 20.9. The number of likely N-dealkylation sites (N-methyl/N-ethyl adjacent to an activating group) is 1. The van der Waals surface area contributed by atoms with Crippen LogP contribution in [0.15, 0.2) is 53.8 Å². The molecule has 1 aromatic carbocycles. The zero-order chi connectivity index (χ0) is 31.0. The lowest BCUT2D eigenvalue weighted by Crippen LogP contribution is -2.70. The molecule has 0 aliphatic carbocycles. The minimum Gasteiger partial charge on any atom is -0.542 e. The summed E-state index contributed by atoms with van der Waals surface area (Å²) in [7, 11) is 0. The number of amides is 3. The summed E-state index contributed by atoms with van der Waals surface area (Å²) >= 11 is 1.42. The highest BCUT2D eigenvalue weighted by molar-refractivity contribution is 8.00. The molecule has 11 nitrogen and oxygen atoms in total. The van der Waals surface area contributed by atoms with Crippen molar-refractivity contribution >= 4 is 41.4 Å². The first-order valence-electron chi connectivity index (χ1n) is 12.5. The molecule has 1 aromatic rings. The number of hydrogen-bond acceptors (Lipinski definition) is 7. The molecule has 3 amide bonds. The number of hydrogen-bond donors (Lipinski definition) is 3. The third-order valence-corrected chi connectivity index (χ3v) is 7.90. The van der Waals surface area contributed by atoms with E-state index in [9.17, 15) is 37.5 Å². The van der Waals surface area contributed by atoms with E-state index in [1.807, 2.05) is 50.3 Å². The van der Waals surface area contributed by atoms with Gasteiger partial charge in [-0.3, -0.25) is 19.3 Å². The lowest BCUT2D eigenvalue weighted by Gasteiger charge is -2.49. The summed E-state index contributed by atoms with van der Waals surface area (Å²) in [5.74, 6) is -4.89. The lowest BCUT2D eigenvalue weighted by atomic mass is 10.0. The quantitative estimate of drug-likeness (QED) is 0.238. The molecular formula is C26H31F3N4O7S. The van der Waals surface area contributed by atoms with Gasteiger partial charge in [-0.25, -0.2) is 4.79 Å². The fourth-order valence-electron chi connectivity index (χ4n) is 4.30. The highest BCUT2D eigenvalue weighted by Crippen LogP contribution is 2.40. The monoisotopic (exact) mass is 600 g/mol. The number of nitrogens with two attached hydrogens (primary N) is 1. The second kappa shape index (κ2) is 14.2. The third kappa shape index (κ3) is 8.82. The summed E-state index contributed by atoms with van der Waals surface area (Å²) in [4.78, 5) is 58.8. The number of fused-ring (bicyclic) bond motifs is 1. The molecule has 3 rings (SSSR count). The Morgan fingerprint density at radius 1 is 1.20 bits per heavy atom. The number of nitrogens with one attached hydrogen (secondary N) is 1. The molecular weight excluding hydrogens is 569 g/mol. The summed E-state index contributed by atoms with van der Waals surface area (Å²) in [6.45, 7) is 6.10. The van der Waals surface area contributed by atoms with Crippen LogP contribution < -0.4 is 16.2 Å². The van der Waals surface area contributed by atoms with Gasteiger partial charge in [0.15, 0.2) is 6.54 Å². The molecule has 224 valence electrons. The van der Waals surface area contributed by atoms with Gasteiger partial charge in [-0.2, -0.15) is 13.2 Å². The number of β-lactam (4-membered cyclic amide) rings is 1. The number of thioether (sulfide) groups is 1. The van der Waals surface area contributed by atoms with Crippen LogP contribution in [0.25, 0.3) is 0 Å². The summed E-state index contributed by atoms with van der Waals surface area (Å²) in [5.41, 5.74) is 6.72. The van der Waals surface area contributed by atoms with Crippen LogP contribution >= 0.6 is 11.8 Å². The van der Waals surface area contributed by atoms with Gasteiger partial charge in [0.25, 0.3) is 11.8 Å². The number of halogens is 3. The molecule has 0 spiro atoms. The molecule has 2 aliphatic rings. The number of benzene rings is 1. The molecule has 0 unspecified atom stereocenters. The average Bonchev–Trinajstić information content (AvgIpc) is 2.90. The molecule has 0 saturated carbocycles. The van der Waals surface area contributed by atoms with E-state index in [4.69, 9.17) is 15.6 Å². The molecule has 41 heavy (non-hydrogen) atoms. The van der Waals surface area contributed by atoms with E-state index in [2.05, 4.69) is 5.32 Å². The van der Waals surface area contributed by atoms with Crippen molar-refractivity contribution in [1.29, 1.82) is 0 Å². The normalized spacial score (nSPS) is 18.7. The maximum Gasteiger partial charge on any atom is 0.430 e. The van der Waals surface area contributed by atoms with Gasteiger partial charge in [0.1, 0.15) is 23.1 Å². The van der Waals surface area contributed by atoms with Crippen molar-refractivity contribution < 1.29 is 51.8 Å². The topological polar surface area (TPSA) is 170 Å². The van der Waals surface area contributed by atoms with Crippen molar-refractivity contribution in [3.63, 3.8) is 0 Å². The minimum atomic E-state index is -5.19. The summed E-state index contributed by atoms with van der Waals surface area (Å²) in [6, 6.07) is 8.46. The molecule has 2 heterocycles. The number of rotatable bonds is 11. The Hall–Kier alpha value is -3.85. The number of aliphatic carboxylic acids is 2. The van der Waals surface area contributed by atoms with Crippen LogP contribution in [-0.2, 0) is 30.4 Å². The number of alkyl halides is 3. The molecule has 1 saturated heterocycles. The minimum absolute atomic E-state index is 0.0560. The number of quaternary nitrogens is 1. The fourth-order valence-corrected chi connectivity index (χ4v) is 5.61. The number of carbonyl (C=O) groups excluding carboxylic acids is 4. The average molecular weight is 601 g/mol.